The molecule has 230 valence electrons. The molecule has 0 unspecified atom stereocenters. The van der Waals surface area contributed by atoms with Crippen LogP contribution in [-0.4, -0.2) is 39.7 Å². The fraction of sp³-hybridized carbons (Fsp3) is 0.150. The van der Waals surface area contributed by atoms with E-state index in [9.17, 15) is 14.0 Å². The first kappa shape index (κ1) is 30.5. The number of H-pyrrole nitrogens is 1. The molecule has 0 aliphatic heterocycles. The van der Waals surface area contributed by atoms with Crippen molar-refractivity contribution in [2.24, 2.45) is 0 Å². The maximum Gasteiger partial charge on any atom is 0.254 e. The summed E-state index contributed by atoms with van der Waals surface area (Å²) in [6.45, 7) is 3.00. The third-order valence-electron chi connectivity index (χ3n) is 8.31. The molecule has 0 aliphatic rings. The fourth-order valence-electron chi connectivity index (χ4n) is 5.69. The molecule has 1 heterocycles. The number of amides is 2. The lowest BCUT2D eigenvalue weighted by Crippen LogP contribution is -2.43. The van der Waals surface area contributed by atoms with Gasteiger partial charge < -0.3 is 14.8 Å². The van der Waals surface area contributed by atoms with E-state index in [0.717, 1.165) is 44.3 Å². The Hall–Kier alpha value is -5.49. The lowest BCUT2D eigenvalue weighted by molar-refractivity contribution is -0.132. The van der Waals surface area contributed by atoms with E-state index in [-0.39, 0.29) is 30.7 Å². The van der Waals surface area contributed by atoms with E-state index in [4.69, 9.17) is 0 Å². The van der Waals surface area contributed by atoms with Crippen LogP contribution in [0.5, 0.6) is 0 Å². The van der Waals surface area contributed by atoms with Gasteiger partial charge in [0.15, 0.2) is 0 Å². The molecule has 0 spiro atoms. The molecule has 0 radical (unpaired) electrons. The zero-order valence-corrected chi connectivity index (χ0v) is 25.8. The molecule has 2 amide bonds. The molecule has 6 heteroatoms. The highest BCUT2D eigenvalue weighted by atomic mass is 19.1. The molecule has 0 aliphatic carbocycles. The van der Waals surface area contributed by atoms with Gasteiger partial charge in [-0.1, -0.05) is 103 Å². The minimum atomic E-state index is -0.351. The van der Waals surface area contributed by atoms with Crippen LogP contribution in [0.2, 0.25) is 0 Å². The van der Waals surface area contributed by atoms with Crippen molar-refractivity contribution in [2.75, 3.05) is 13.1 Å². The summed E-state index contributed by atoms with van der Waals surface area (Å²) in [6.07, 6.45) is 2.66. The van der Waals surface area contributed by atoms with Gasteiger partial charge in [-0.2, -0.15) is 0 Å². The number of benzene rings is 5. The highest BCUT2D eigenvalue weighted by molar-refractivity contribution is 5.97. The maximum absolute atomic E-state index is 14.1. The molecule has 5 nitrogen and oxygen atoms in total. The van der Waals surface area contributed by atoms with Crippen molar-refractivity contribution >= 4 is 22.7 Å². The first-order valence-corrected chi connectivity index (χ1v) is 15.5. The normalized spacial score (nSPS) is 11.0. The second kappa shape index (κ2) is 14.1. The summed E-state index contributed by atoms with van der Waals surface area (Å²) in [4.78, 5) is 34.8. The number of fused-ring (bicyclic) bond motifs is 1. The van der Waals surface area contributed by atoms with Gasteiger partial charge in [0.2, 0.25) is 5.91 Å². The smallest absolute Gasteiger partial charge is 0.254 e. The van der Waals surface area contributed by atoms with Crippen LogP contribution in [0.15, 0.2) is 134 Å². The Labute approximate surface area is 268 Å². The van der Waals surface area contributed by atoms with Gasteiger partial charge >= 0.3 is 0 Å². The van der Waals surface area contributed by atoms with E-state index >= 15 is 0 Å². The van der Waals surface area contributed by atoms with E-state index in [2.05, 4.69) is 11.1 Å². The number of hydrogen-bond acceptors (Lipinski definition) is 2. The number of rotatable bonds is 11. The van der Waals surface area contributed by atoms with E-state index in [0.29, 0.717) is 25.1 Å². The molecular formula is C40H36FN3O2. The van der Waals surface area contributed by atoms with E-state index in [1.54, 1.807) is 29.2 Å². The number of carbonyl (C=O) groups is 2. The summed E-state index contributed by atoms with van der Waals surface area (Å²) in [6, 6.07) is 39.8. The Bertz CT molecular complexity index is 1910. The second-order valence-corrected chi connectivity index (χ2v) is 11.6. The molecule has 0 fully saturated rings. The summed E-state index contributed by atoms with van der Waals surface area (Å²) in [5.41, 5.74) is 7.64. The standard InChI is InChI=1S/C40H36FN3O2/c1-29-11-13-30(14-12-29)26-43(24-23-35-25-42-38-10-6-5-9-37(35)38)39(45)28-44(27-31-15-21-36(41)22-16-31)40(46)34-19-17-33(18-20-34)32-7-3-2-4-8-32/h2-22,25,42H,23-24,26-28H2,1H3. The van der Waals surface area contributed by atoms with E-state index in [1.807, 2.05) is 103 Å². The van der Waals surface area contributed by atoms with Gasteiger partial charge in [-0.15, -0.1) is 0 Å². The van der Waals surface area contributed by atoms with Crippen molar-refractivity contribution in [3.63, 3.8) is 0 Å². The van der Waals surface area contributed by atoms with Crippen LogP contribution in [-0.2, 0) is 24.3 Å². The maximum atomic E-state index is 14.1. The Balaban J connectivity index is 1.26. The molecule has 0 bridgehead atoms. The van der Waals surface area contributed by atoms with Gasteiger partial charge in [-0.3, -0.25) is 9.59 Å². The first-order valence-electron chi connectivity index (χ1n) is 15.5. The SMILES string of the molecule is Cc1ccc(CN(CCc2c[nH]c3ccccc23)C(=O)CN(Cc2ccc(F)cc2)C(=O)c2ccc(-c3ccccc3)cc2)cc1. The van der Waals surface area contributed by atoms with Crippen molar-refractivity contribution in [3.8, 4) is 11.1 Å². The lowest BCUT2D eigenvalue weighted by Gasteiger charge is -2.28. The van der Waals surface area contributed by atoms with Crippen LogP contribution in [0.3, 0.4) is 0 Å². The number of nitrogens with zero attached hydrogens (tertiary/aromatic N) is 2. The predicted octanol–water partition coefficient (Wildman–Crippen LogP) is 8.20. The van der Waals surface area contributed by atoms with Crippen LogP contribution in [0.1, 0.15) is 32.6 Å². The van der Waals surface area contributed by atoms with Crippen molar-refractivity contribution in [2.45, 2.75) is 26.4 Å². The van der Waals surface area contributed by atoms with Gasteiger partial charge in [0.25, 0.3) is 5.91 Å². The van der Waals surface area contributed by atoms with Crippen LogP contribution in [0.25, 0.3) is 22.0 Å². The Morgan fingerprint density at radius 1 is 0.674 bits per heavy atom. The van der Waals surface area contributed by atoms with Gasteiger partial charge in [0.1, 0.15) is 12.4 Å². The van der Waals surface area contributed by atoms with Gasteiger partial charge in [-0.05, 0) is 71.5 Å². The second-order valence-electron chi connectivity index (χ2n) is 11.6. The summed E-state index contributed by atoms with van der Waals surface area (Å²) >= 11 is 0. The molecule has 46 heavy (non-hydrogen) atoms. The van der Waals surface area contributed by atoms with Crippen molar-refractivity contribution in [1.82, 2.24) is 14.8 Å². The van der Waals surface area contributed by atoms with E-state index in [1.165, 1.54) is 12.1 Å². The average molecular weight is 610 g/mol. The molecule has 0 saturated heterocycles. The summed E-state index contributed by atoms with van der Waals surface area (Å²) in [5, 5.41) is 1.14. The Morgan fingerprint density at radius 3 is 2.00 bits per heavy atom. The van der Waals surface area contributed by atoms with Gasteiger partial charge in [0.05, 0.1) is 0 Å². The van der Waals surface area contributed by atoms with Crippen molar-refractivity contribution in [3.05, 3.63) is 167 Å². The number of carbonyl (C=O) groups excluding carboxylic acids is 2. The molecule has 6 aromatic rings. The van der Waals surface area contributed by atoms with Crippen molar-refractivity contribution in [1.29, 1.82) is 0 Å². The van der Waals surface area contributed by atoms with Crippen LogP contribution in [0.4, 0.5) is 4.39 Å². The third-order valence-corrected chi connectivity index (χ3v) is 8.31. The third kappa shape index (κ3) is 7.41. The lowest BCUT2D eigenvalue weighted by atomic mass is 10.0. The summed E-state index contributed by atoms with van der Waals surface area (Å²) in [5.74, 6) is -0.767. The topological polar surface area (TPSA) is 56.4 Å². The average Bonchev–Trinajstić information content (AvgIpc) is 3.51. The number of aromatic amines is 1. The predicted molar refractivity (Wildman–Crippen MR) is 182 cm³/mol. The molecule has 1 aromatic heterocycles. The number of aromatic nitrogens is 1. The number of aryl methyl sites for hydroxylation is 1. The van der Waals surface area contributed by atoms with Gasteiger partial charge in [-0.25, -0.2) is 4.39 Å². The van der Waals surface area contributed by atoms with Crippen LogP contribution < -0.4 is 0 Å². The quantitative estimate of drug-likeness (QED) is 0.161. The zero-order chi connectivity index (χ0) is 31.9. The molecule has 5 aromatic carbocycles. The molecular weight excluding hydrogens is 573 g/mol. The highest BCUT2D eigenvalue weighted by Crippen LogP contribution is 2.22. The van der Waals surface area contributed by atoms with E-state index < -0.39 is 0 Å². The van der Waals surface area contributed by atoms with Crippen LogP contribution >= 0.6 is 0 Å². The summed E-state index contributed by atoms with van der Waals surface area (Å²) in [7, 11) is 0. The Kier molecular flexibility index (Phi) is 9.35. The number of para-hydroxylation sites is 1. The van der Waals surface area contributed by atoms with Crippen molar-refractivity contribution < 1.29 is 14.0 Å². The Morgan fingerprint density at radius 2 is 1.28 bits per heavy atom. The molecule has 1 N–H and O–H groups in total. The minimum Gasteiger partial charge on any atom is -0.361 e. The fourth-order valence-corrected chi connectivity index (χ4v) is 5.69. The highest BCUT2D eigenvalue weighted by Gasteiger charge is 2.24. The number of nitrogens with one attached hydrogen (secondary N) is 1. The number of hydrogen-bond donors (Lipinski definition) is 1. The summed E-state index contributed by atoms with van der Waals surface area (Å²) < 4.78 is 13.7. The van der Waals surface area contributed by atoms with Gasteiger partial charge in [0, 0.05) is 42.3 Å². The minimum absolute atomic E-state index is 0.115. The first-order chi connectivity index (χ1) is 22.4. The van der Waals surface area contributed by atoms with Crippen LogP contribution in [0, 0.1) is 12.7 Å². The largest absolute Gasteiger partial charge is 0.361 e. The zero-order valence-electron chi connectivity index (χ0n) is 25.8. The molecule has 6 rings (SSSR count). The molecule has 0 saturated carbocycles. The monoisotopic (exact) mass is 609 g/mol. The number of halogens is 1. The molecule has 0 atom stereocenters.